The van der Waals surface area contributed by atoms with E-state index in [0.717, 1.165) is 19.1 Å². The van der Waals surface area contributed by atoms with Gasteiger partial charge in [-0.15, -0.1) is 0 Å². The molecule has 24 heavy (non-hydrogen) atoms. The van der Waals surface area contributed by atoms with Gasteiger partial charge in [0.15, 0.2) is 0 Å². The van der Waals surface area contributed by atoms with Gasteiger partial charge in [-0.2, -0.15) is 0 Å². The van der Waals surface area contributed by atoms with Crippen LogP contribution in [0.1, 0.15) is 83.5 Å². The van der Waals surface area contributed by atoms with Crippen LogP contribution in [-0.2, 0) is 4.79 Å². The van der Waals surface area contributed by atoms with Gasteiger partial charge in [0.1, 0.15) is 0 Å². The molecule has 0 bridgehead atoms. The number of rotatable bonds is 5. The van der Waals surface area contributed by atoms with E-state index in [9.17, 15) is 4.79 Å². The van der Waals surface area contributed by atoms with E-state index < -0.39 is 0 Å². The van der Waals surface area contributed by atoms with Crippen molar-refractivity contribution in [2.45, 2.75) is 102 Å². The molecule has 0 radical (unpaired) electrons. The maximum atomic E-state index is 12.4. The number of carbonyl (C=O) groups excluding carboxylic acids is 1. The zero-order chi connectivity index (χ0) is 16.6. The molecule has 2 aliphatic carbocycles. The lowest BCUT2D eigenvalue weighted by molar-refractivity contribution is -0.123. The van der Waals surface area contributed by atoms with Crippen LogP contribution in [0, 0.1) is 0 Å². The Morgan fingerprint density at radius 1 is 0.708 bits per heavy atom. The topological polar surface area (TPSA) is 44.4 Å². The summed E-state index contributed by atoms with van der Waals surface area (Å²) < 4.78 is 0. The van der Waals surface area contributed by atoms with Crippen molar-refractivity contribution in [3.05, 3.63) is 0 Å². The lowest BCUT2D eigenvalue weighted by Crippen LogP contribution is -2.49. The summed E-state index contributed by atoms with van der Waals surface area (Å²) in [5.74, 6) is 0.253. The Kier molecular flexibility index (Phi) is 7.40. The van der Waals surface area contributed by atoms with Crippen LogP contribution in [0.3, 0.4) is 0 Å². The second kappa shape index (κ2) is 9.76. The lowest BCUT2D eigenvalue weighted by atomic mass is 9.96. The monoisotopic (exact) mass is 335 g/mol. The molecule has 0 aromatic heterocycles. The Balaban J connectivity index is 1.32. The molecule has 2 N–H and O–H groups in total. The summed E-state index contributed by atoms with van der Waals surface area (Å²) in [6.07, 6.45) is 16.9. The smallest absolute Gasteiger partial charge is 0.234 e. The molecule has 4 nitrogen and oxygen atoms in total. The maximum Gasteiger partial charge on any atom is 0.234 e. The van der Waals surface area contributed by atoms with Crippen molar-refractivity contribution in [1.29, 1.82) is 0 Å². The number of likely N-dealkylation sites (tertiary alicyclic amines) is 1. The number of amides is 1. The molecule has 1 amide bonds. The molecule has 0 aromatic rings. The van der Waals surface area contributed by atoms with Crippen molar-refractivity contribution < 1.29 is 4.79 Å². The number of nitrogens with zero attached hydrogens (tertiary/aromatic N) is 1. The van der Waals surface area contributed by atoms with E-state index >= 15 is 0 Å². The number of piperidine rings is 1. The van der Waals surface area contributed by atoms with Gasteiger partial charge in [-0.05, 0) is 38.5 Å². The zero-order valence-corrected chi connectivity index (χ0v) is 15.4. The molecule has 138 valence electrons. The number of hydrogen-bond donors (Lipinski definition) is 2. The summed E-state index contributed by atoms with van der Waals surface area (Å²) >= 11 is 0. The van der Waals surface area contributed by atoms with Gasteiger partial charge in [0.05, 0.1) is 6.54 Å². The van der Waals surface area contributed by atoms with Gasteiger partial charge >= 0.3 is 0 Å². The van der Waals surface area contributed by atoms with Gasteiger partial charge in [0.2, 0.25) is 5.91 Å². The lowest BCUT2D eigenvalue weighted by Gasteiger charge is -2.34. The first-order valence-electron chi connectivity index (χ1n) is 10.6. The van der Waals surface area contributed by atoms with E-state index in [0.29, 0.717) is 18.6 Å². The highest BCUT2D eigenvalue weighted by atomic mass is 16.2. The van der Waals surface area contributed by atoms with Crippen LogP contribution < -0.4 is 10.6 Å². The number of hydrogen-bond acceptors (Lipinski definition) is 3. The molecular formula is C20H37N3O. The Bertz CT molecular complexity index is 365. The van der Waals surface area contributed by atoms with Crippen LogP contribution in [0.15, 0.2) is 0 Å². The van der Waals surface area contributed by atoms with E-state index in [1.54, 1.807) is 0 Å². The number of nitrogens with one attached hydrogen (secondary N) is 2. The minimum absolute atomic E-state index is 0.253. The van der Waals surface area contributed by atoms with Crippen molar-refractivity contribution >= 4 is 5.91 Å². The molecule has 3 fully saturated rings. The largest absolute Gasteiger partial charge is 0.352 e. The standard InChI is InChI=1S/C20H37N3O/c24-20(22-18-8-4-2-1-3-5-9-18)16-23-14-12-19(13-15-23)21-17-10-6-7-11-17/h17-19,21H,1-16H2,(H,22,24). The van der Waals surface area contributed by atoms with E-state index in [-0.39, 0.29) is 5.91 Å². The van der Waals surface area contributed by atoms with Crippen molar-refractivity contribution in [2.75, 3.05) is 19.6 Å². The molecule has 1 saturated heterocycles. The first kappa shape index (κ1) is 18.2. The quantitative estimate of drug-likeness (QED) is 0.811. The van der Waals surface area contributed by atoms with Crippen LogP contribution in [0.4, 0.5) is 0 Å². The summed E-state index contributed by atoms with van der Waals surface area (Å²) in [7, 11) is 0. The van der Waals surface area contributed by atoms with E-state index in [1.807, 2.05) is 0 Å². The fourth-order valence-electron chi connectivity index (χ4n) is 4.76. The molecule has 3 aliphatic rings. The summed E-state index contributed by atoms with van der Waals surface area (Å²) in [5.41, 5.74) is 0. The molecule has 0 spiro atoms. The van der Waals surface area contributed by atoms with Crippen molar-refractivity contribution in [3.8, 4) is 0 Å². The third-order valence-electron chi connectivity index (χ3n) is 6.25. The van der Waals surface area contributed by atoms with Crippen molar-refractivity contribution in [1.82, 2.24) is 15.5 Å². The van der Waals surface area contributed by atoms with E-state index in [4.69, 9.17) is 0 Å². The predicted molar refractivity (Wildman–Crippen MR) is 99.1 cm³/mol. The van der Waals surface area contributed by atoms with Gasteiger partial charge < -0.3 is 10.6 Å². The highest BCUT2D eigenvalue weighted by Gasteiger charge is 2.24. The first-order valence-corrected chi connectivity index (χ1v) is 10.6. The SMILES string of the molecule is O=C(CN1CCC(NC2CCCC2)CC1)NC1CCCCCCC1. The minimum atomic E-state index is 0.253. The van der Waals surface area contributed by atoms with Gasteiger partial charge in [0.25, 0.3) is 0 Å². The van der Waals surface area contributed by atoms with Crippen LogP contribution in [0.5, 0.6) is 0 Å². The molecule has 1 heterocycles. The second-order valence-electron chi connectivity index (χ2n) is 8.31. The summed E-state index contributed by atoms with van der Waals surface area (Å²) in [6, 6.07) is 1.88. The average Bonchev–Trinajstić information content (AvgIpc) is 3.05. The van der Waals surface area contributed by atoms with Crippen LogP contribution in [0.25, 0.3) is 0 Å². The fraction of sp³-hybridized carbons (Fsp3) is 0.950. The third-order valence-corrected chi connectivity index (χ3v) is 6.25. The van der Waals surface area contributed by atoms with E-state index in [2.05, 4.69) is 15.5 Å². The first-order chi connectivity index (χ1) is 11.8. The average molecular weight is 336 g/mol. The second-order valence-corrected chi connectivity index (χ2v) is 8.31. The molecule has 3 rings (SSSR count). The molecule has 0 atom stereocenters. The Morgan fingerprint density at radius 3 is 1.88 bits per heavy atom. The van der Waals surface area contributed by atoms with Crippen LogP contribution >= 0.6 is 0 Å². The molecular weight excluding hydrogens is 298 g/mol. The van der Waals surface area contributed by atoms with Crippen molar-refractivity contribution in [2.24, 2.45) is 0 Å². The Hall–Kier alpha value is -0.610. The van der Waals surface area contributed by atoms with Crippen LogP contribution in [0.2, 0.25) is 0 Å². The maximum absolute atomic E-state index is 12.4. The van der Waals surface area contributed by atoms with Crippen LogP contribution in [-0.4, -0.2) is 48.6 Å². The molecule has 4 heteroatoms. The predicted octanol–water partition coefficient (Wildman–Crippen LogP) is 3.21. The van der Waals surface area contributed by atoms with Crippen molar-refractivity contribution in [3.63, 3.8) is 0 Å². The molecule has 1 aliphatic heterocycles. The normalized spacial score (nSPS) is 26.2. The van der Waals surface area contributed by atoms with Gasteiger partial charge in [-0.1, -0.05) is 44.9 Å². The highest BCUT2D eigenvalue weighted by Crippen LogP contribution is 2.21. The summed E-state index contributed by atoms with van der Waals surface area (Å²) in [6.45, 7) is 2.75. The summed E-state index contributed by atoms with van der Waals surface area (Å²) in [5, 5.41) is 7.15. The Labute approximate surface area is 148 Å². The minimum Gasteiger partial charge on any atom is -0.352 e. The van der Waals surface area contributed by atoms with Gasteiger partial charge in [-0.3, -0.25) is 9.69 Å². The summed E-state index contributed by atoms with van der Waals surface area (Å²) in [4.78, 5) is 14.7. The molecule has 0 unspecified atom stereocenters. The number of carbonyl (C=O) groups is 1. The zero-order valence-electron chi connectivity index (χ0n) is 15.4. The van der Waals surface area contributed by atoms with Gasteiger partial charge in [0, 0.05) is 31.2 Å². The fourth-order valence-corrected chi connectivity index (χ4v) is 4.76. The van der Waals surface area contributed by atoms with E-state index in [1.165, 1.54) is 83.5 Å². The molecule has 0 aromatic carbocycles. The van der Waals surface area contributed by atoms with Gasteiger partial charge in [-0.25, -0.2) is 0 Å². The Morgan fingerprint density at radius 2 is 1.21 bits per heavy atom. The third kappa shape index (κ3) is 6.03. The molecule has 2 saturated carbocycles. The highest BCUT2D eigenvalue weighted by molar-refractivity contribution is 5.78.